The van der Waals surface area contributed by atoms with E-state index in [9.17, 15) is 9.18 Å². The number of amides is 1. The molecule has 0 atom stereocenters. The molecular formula is C22H17ClFN7O2. The minimum atomic E-state index is -0.414. The summed E-state index contributed by atoms with van der Waals surface area (Å²) in [6.45, 7) is 2.07. The molecule has 4 aromatic heterocycles. The molecule has 0 spiro atoms. The maximum absolute atomic E-state index is 13.2. The first kappa shape index (κ1) is 20.8. The predicted octanol–water partition coefficient (Wildman–Crippen LogP) is 4.07. The lowest BCUT2D eigenvalue weighted by atomic mass is 10.1. The molecule has 11 heteroatoms. The zero-order valence-corrected chi connectivity index (χ0v) is 18.1. The molecule has 5 aromatic rings. The number of anilines is 1. The summed E-state index contributed by atoms with van der Waals surface area (Å²) in [5.74, 6) is 0.0609. The Balaban J connectivity index is 1.31. The molecule has 0 bridgehead atoms. The molecule has 9 nitrogen and oxygen atoms in total. The maximum Gasteiger partial charge on any atom is 0.248 e. The minimum absolute atomic E-state index is 0.0721. The van der Waals surface area contributed by atoms with Gasteiger partial charge in [0.1, 0.15) is 24.4 Å². The number of halogens is 2. The number of hydrogen-bond donors (Lipinski definition) is 1. The summed E-state index contributed by atoms with van der Waals surface area (Å²) < 4.78 is 21.8. The smallest absolute Gasteiger partial charge is 0.248 e. The van der Waals surface area contributed by atoms with E-state index in [1.165, 1.54) is 27.8 Å². The molecule has 166 valence electrons. The van der Waals surface area contributed by atoms with Gasteiger partial charge in [-0.2, -0.15) is 5.10 Å². The van der Waals surface area contributed by atoms with E-state index in [1.54, 1.807) is 18.5 Å². The van der Waals surface area contributed by atoms with Crippen LogP contribution >= 0.6 is 11.6 Å². The molecule has 0 radical (unpaired) electrons. The van der Waals surface area contributed by atoms with Gasteiger partial charge in [-0.15, -0.1) is 5.10 Å². The molecule has 0 aliphatic heterocycles. The lowest BCUT2D eigenvalue weighted by Crippen LogP contribution is -2.20. The molecule has 1 amide bonds. The monoisotopic (exact) mass is 465 g/mol. The molecule has 5 rings (SSSR count). The first-order valence-electron chi connectivity index (χ1n) is 9.97. The molecule has 4 heterocycles. The Labute approximate surface area is 191 Å². The molecule has 0 saturated heterocycles. The van der Waals surface area contributed by atoms with Crippen LogP contribution in [-0.4, -0.2) is 35.4 Å². The fourth-order valence-electron chi connectivity index (χ4n) is 3.58. The van der Waals surface area contributed by atoms with Crippen LogP contribution in [0, 0.1) is 12.7 Å². The van der Waals surface area contributed by atoms with Crippen molar-refractivity contribution in [2.45, 2.75) is 20.0 Å². The van der Waals surface area contributed by atoms with Gasteiger partial charge in [-0.3, -0.25) is 10.1 Å². The Morgan fingerprint density at radius 3 is 2.88 bits per heavy atom. The van der Waals surface area contributed by atoms with E-state index >= 15 is 0 Å². The summed E-state index contributed by atoms with van der Waals surface area (Å²) in [6.07, 6.45) is 4.71. The van der Waals surface area contributed by atoms with Crippen molar-refractivity contribution < 1.29 is 13.6 Å². The van der Waals surface area contributed by atoms with Gasteiger partial charge in [-0.05, 0) is 42.8 Å². The summed E-state index contributed by atoms with van der Waals surface area (Å²) >= 11 is 6.06. The number of hydrogen-bond acceptors (Lipinski definition) is 6. The molecule has 1 aromatic carbocycles. The van der Waals surface area contributed by atoms with E-state index in [2.05, 4.69) is 25.5 Å². The second-order valence-electron chi connectivity index (χ2n) is 7.33. The molecule has 1 N–H and O–H groups in total. The highest BCUT2D eigenvalue weighted by atomic mass is 35.5. The van der Waals surface area contributed by atoms with Gasteiger partial charge in [-0.25, -0.2) is 23.7 Å². The SMILES string of the molecule is Cc1nn(CC(=O)Nc2ncn(Cc3ccc(F)cc3Cl)n2)c2nccc(-c3ccco3)c12. The zero-order valence-electron chi connectivity index (χ0n) is 17.4. The van der Waals surface area contributed by atoms with Crippen LogP contribution in [0.4, 0.5) is 10.3 Å². The van der Waals surface area contributed by atoms with Crippen molar-refractivity contribution >= 4 is 34.5 Å². The zero-order chi connectivity index (χ0) is 22.9. The van der Waals surface area contributed by atoms with Gasteiger partial charge in [-0.1, -0.05) is 17.7 Å². The van der Waals surface area contributed by atoms with Crippen molar-refractivity contribution in [1.82, 2.24) is 29.5 Å². The van der Waals surface area contributed by atoms with E-state index in [0.29, 0.717) is 22.0 Å². The minimum Gasteiger partial charge on any atom is -0.464 e. The van der Waals surface area contributed by atoms with Crippen LogP contribution in [0.2, 0.25) is 5.02 Å². The first-order chi connectivity index (χ1) is 16.0. The van der Waals surface area contributed by atoms with Gasteiger partial charge in [0.2, 0.25) is 11.9 Å². The van der Waals surface area contributed by atoms with E-state index in [4.69, 9.17) is 16.0 Å². The Morgan fingerprint density at radius 2 is 2.09 bits per heavy atom. The third-order valence-electron chi connectivity index (χ3n) is 5.02. The largest absolute Gasteiger partial charge is 0.464 e. The number of aromatic nitrogens is 6. The highest BCUT2D eigenvalue weighted by molar-refractivity contribution is 6.31. The van der Waals surface area contributed by atoms with E-state index in [1.807, 2.05) is 25.1 Å². The van der Waals surface area contributed by atoms with Gasteiger partial charge in [0.15, 0.2) is 5.65 Å². The van der Waals surface area contributed by atoms with Crippen molar-refractivity contribution in [2.24, 2.45) is 0 Å². The summed E-state index contributed by atoms with van der Waals surface area (Å²) in [5.41, 5.74) is 2.84. The maximum atomic E-state index is 13.2. The molecule has 0 aliphatic rings. The van der Waals surface area contributed by atoms with Gasteiger partial charge < -0.3 is 4.42 Å². The quantitative estimate of drug-likeness (QED) is 0.405. The summed E-state index contributed by atoms with van der Waals surface area (Å²) in [6, 6.07) is 9.65. The van der Waals surface area contributed by atoms with Crippen LogP contribution in [0.25, 0.3) is 22.4 Å². The number of nitrogens with one attached hydrogen (secondary N) is 1. The average Bonchev–Trinajstić information content (AvgIpc) is 3.52. The van der Waals surface area contributed by atoms with Crippen LogP contribution in [0.15, 0.2) is 59.6 Å². The van der Waals surface area contributed by atoms with E-state index in [-0.39, 0.29) is 24.9 Å². The molecule has 33 heavy (non-hydrogen) atoms. The van der Waals surface area contributed by atoms with Crippen LogP contribution < -0.4 is 5.32 Å². The Morgan fingerprint density at radius 1 is 1.21 bits per heavy atom. The van der Waals surface area contributed by atoms with Crippen LogP contribution in [0.1, 0.15) is 11.3 Å². The number of carbonyl (C=O) groups excluding carboxylic acids is 1. The molecule has 0 aliphatic carbocycles. The van der Waals surface area contributed by atoms with Gasteiger partial charge >= 0.3 is 0 Å². The topological polar surface area (TPSA) is 104 Å². The van der Waals surface area contributed by atoms with Crippen LogP contribution in [0.5, 0.6) is 0 Å². The third-order valence-corrected chi connectivity index (χ3v) is 5.37. The van der Waals surface area contributed by atoms with Gasteiger partial charge in [0, 0.05) is 16.8 Å². The van der Waals surface area contributed by atoms with Gasteiger partial charge in [0.05, 0.1) is 23.9 Å². The van der Waals surface area contributed by atoms with E-state index < -0.39 is 5.82 Å². The van der Waals surface area contributed by atoms with Gasteiger partial charge in [0.25, 0.3) is 0 Å². The molecule has 0 saturated carbocycles. The standard InChI is InChI=1S/C22H17ClFN7O2/c1-13-20-16(18-3-2-8-33-18)6-7-25-21(20)31(28-13)11-19(32)27-22-26-12-30(29-22)10-14-4-5-15(24)9-17(14)23/h2-9,12H,10-11H2,1H3,(H,27,29,32). The first-order valence-corrected chi connectivity index (χ1v) is 10.3. The van der Waals surface area contributed by atoms with Crippen molar-refractivity contribution in [3.63, 3.8) is 0 Å². The summed E-state index contributed by atoms with van der Waals surface area (Å²) in [7, 11) is 0. The number of aryl methyl sites for hydroxylation is 1. The fraction of sp³-hybridized carbons (Fsp3) is 0.136. The second-order valence-corrected chi connectivity index (χ2v) is 7.73. The highest BCUT2D eigenvalue weighted by Gasteiger charge is 2.17. The lowest BCUT2D eigenvalue weighted by molar-refractivity contribution is -0.116. The number of carbonyl (C=O) groups is 1. The highest BCUT2D eigenvalue weighted by Crippen LogP contribution is 2.30. The summed E-state index contributed by atoms with van der Waals surface area (Å²) in [5, 5.41) is 12.5. The number of fused-ring (bicyclic) bond motifs is 1. The molecule has 0 fully saturated rings. The normalized spacial score (nSPS) is 11.2. The number of rotatable bonds is 6. The fourth-order valence-corrected chi connectivity index (χ4v) is 3.81. The van der Waals surface area contributed by atoms with Crippen LogP contribution in [0.3, 0.4) is 0 Å². The third kappa shape index (κ3) is 4.20. The van der Waals surface area contributed by atoms with Crippen molar-refractivity contribution in [3.8, 4) is 11.3 Å². The molecular weight excluding hydrogens is 449 g/mol. The lowest BCUT2D eigenvalue weighted by Gasteiger charge is -2.05. The Bertz CT molecular complexity index is 1460. The van der Waals surface area contributed by atoms with Crippen molar-refractivity contribution in [2.75, 3.05) is 5.32 Å². The number of furan rings is 1. The number of pyridine rings is 1. The predicted molar refractivity (Wildman–Crippen MR) is 119 cm³/mol. The Hall–Kier alpha value is -4.05. The average molecular weight is 466 g/mol. The van der Waals surface area contributed by atoms with Crippen LogP contribution in [-0.2, 0) is 17.9 Å². The Kier molecular flexibility index (Phi) is 5.35. The second kappa shape index (κ2) is 8.47. The van der Waals surface area contributed by atoms with Crippen molar-refractivity contribution in [3.05, 3.63) is 77.3 Å². The van der Waals surface area contributed by atoms with E-state index in [0.717, 1.165) is 16.6 Å². The number of benzene rings is 1. The molecule has 0 unspecified atom stereocenters. The number of nitrogens with zero attached hydrogens (tertiary/aromatic N) is 6. The summed E-state index contributed by atoms with van der Waals surface area (Å²) in [4.78, 5) is 21.1. The van der Waals surface area contributed by atoms with Crippen molar-refractivity contribution in [1.29, 1.82) is 0 Å².